The molecule has 1 atom stereocenters. The van der Waals surface area contributed by atoms with Crippen LogP contribution in [0, 0.1) is 10.5 Å². The Morgan fingerprint density at radius 2 is 2.10 bits per heavy atom. The molecule has 1 aromatic heterocycles. The summed E-state index contributed by atoms with van der Waals surface area (Å²) < 4.78 is 1.05. The Morgan fingerprint density at radius 1 is 1.35 bits per heavy atom. The summed E-state index contributed by atoms with van der Waals surface area (Å²) in [4.78, 5) is 15.8. The van der Waals surface area contributed by atoms with E-state index < -0.39 is 0 Å². The van der Waals surface area contributed by atoms with Crippen LogP contribution in [0.3, 0.4) is 0 Å². The van der Waals surface area contributed by atoms with Gasteiger partial charge in [-0.1, -0.05) is 18.2 Å². The van der Waals surface area contributed by atoms with Gasteiger partial charge in [-0.3, -0.25) is 4.79 Å². The number of benzene rings is 1. The van der Waals surface area contributed by atoms with Gasteiger partial charge in [0.05, 0.1) is 5.56 Å². The van der Waals surface area contributed by atoms with Gasteiger partial charge >= 0.3 is 0 Å². The van der Waals surface area contributed by atoms with Crippen LogP contribution in [0.2, 0.25) is 0 Å². The average molecular weight is 399 g/mol. The first-order chi connectivity index (χ1) is 9.50. The van der Waals surface area contributed by atoms with Gasteiger partial charge in [-0.25, -0.2) is 0 Å². The molecule has 0 aliphatic carbocycles. The van der Waals surface area contributed by atoms with Gasteiger partial charge in [0, 0.05) is 28.0 Å². The summed E-state index contributed by atoms with van der Waals surface area (Å²) in [6.45, 7) is 4.13. The SMILES string of the molecule is Cc1cccc(C(=O)N(C)C(C)Cc2cccs2)c1I. The van der Waals surface area contributed by atoms with Gasteiger partial charge in [0.1, 0.15) is 0 Å². The smallest absolute Gasteiger partial charge is 0.254 e. The van der Waals surface area contributed by atoms with Crippen LogP contribution in [-0.2, 0) is 6.42 Å². The highest BCUT2D eigenvalue weighted by molar-refractivity contribution is 14.1. The molecule has 4 heteroatoms. The number of halogens is 1. The Bertz CT molecular complexity index is 595. The third kappa shape index (κ3) is 3.41. The zero-order chi connectivity index (χ0) is 14.7. The zero-order valence-electron chi connectivity index (χ0n) is 11.9. The standard InChI is InChI=1S/C16H18INOS/c1-11-6-4-8-14(15(11)17)16(19)18(3)12(2)10-13-7-5-9-20-13/h4-9,12H,10H2,1-3H3. The Hall–Kier alpha value is -0.880. The molecule has 0 fully saturated rings. The monoisotopic (exact) mass is 399 g/mol. The van der Waals surface area contributed by atoms with E-state index in [2.05, 4.69) is 47.0 Å². The lowest BCUT2D eigenvalue weighted by Crippen LogP contribution is -2.36. The molecular weight excluding hydrogens is 381 g/mol. The van der Waals surface area contributed by atoms with Crippen LogP contribution in [0.5, 0.6) is 0 Å². The summed E-state index contributed by atoms with van der Waals surface area (Å²) in [5.41, 5.74) is 1.95. The highest BCUT2D eigenvalue weighted by Gasteiger charge is 2.20. The van der Waals surface area contributed by atoms with Crippen molar-refractivity contribution in [3.63, 3.8) is 0 Å². The number of rotatable bonds is 4. The van der Waals surface area contributed by atoms with Crippen LogP contribution in [0.1, 0.15) is 27.7 Å². The van der Waals surface area contributed by atoms with E-state index in [0.29, 0.717) is 0 Å². The number of thiophene rings is 1. The van der Waals surface area contributed by atoms with Crippen LogP contribution < -0.4 is 0 Å². The number of carbonyl (C=O) groups is 1. The normalized spacial score (nSPS) is 12.2. The number of aryl methyl sites for hydroxylation is 1. The minimum Gasteiger partial charge on any atom is -0.339 e. The molecule has 1 heterocycles. The topological polar surface area (TPSA) is 20.3 Å². The summed E-state index contributed by atoms with van der Waals surface area (Å²) in [6.07, 6.45) is 0.905. The highest BCUT2D eigenvalue weighted by Crippen LogP contribution is 2.20. The van der Waals surface area contributed by atoms with Gasteiger partial charge in [-0.15, -0.1) is 11.3 Å². The molecule has 2 rings (SSSR count). The first-order valence-electron chi connectivity index (χ1n) is 6.55. The lowest BCUT2D eigenvalue weighted by molar-refractivity contribution is 0.0743. The predicted molar refractivity (Wildman–Crippen MR) is 93.5 cm³/mol. The molecule has 2 nitrogen and oxygen atoms in total. The highest BCUT2D eigenvalue weighted by atomic mass is 127. The van der Waals surface area contributed by atoms with Crippen LogP contribution in [-0.4, -0.2) is 23.9 Å². The van der Waals surface area contributed by atoms with E-state index >= 15 is 0 Å². The number of hydrogen-bond acceptors (Lipinski definition) is 2. The number of carbonyl (C=O) groups excluding carboxylic acids is 1. The van der Waals surface area contributed by atoms with Crippen molar-refractivity contribution >= 4 is 39.8 Å². The van der Waals surface area contributed by atoms with Crippen molar-refractivity contribution in [2.24, 2.45) is 0 Å². The lowest BCUT2D eigenvalue weighted by atomic mass is 10.1. The van der Waals surface area contributed by atoms with E-state index in [0.717, 1.165) is 21.1 Å². The molecule has 2 aromatic rings. The number of nitrogens with zero attached hydrogens (tertiary/aromatic N) is 1. The maximum absolute atomic E-state index is 12.6. The van der Waals surface area contributed by atoms with E-state index in [1.165, 1.54) is 4.88 Å². The second-order valence-corrected chi connectivity index (χ2v) is 7.10. The minimum atomic E-state index is 0.0992. The molecule has 20 heavy (non-hydrogen) atoms. The van der Waals surface area contributed by atoms with Gasteiger partial charge in [0.15, 0.2) is 0 Å². The third-order valence-electron chi connectivity index (χ3n) is 3.48. The van der Waals surface area contributed by atoms with Crippen molar-refractivity contribution in [3.05, 3.63) is 55.3 Å². The number of amides is 1. The maximum atomic E-state index is 12.6. The van der Waals surface area contributed by atoms with Crippen molar-refractivity contribution in [1.29, 1.82) is 0 Å². The largest absolute Gasteiger partial charge is 0.339 e. The molecule has 0 radical (unpaired) electrons. The zero-order valence-corrected chi connectivity index (χ0v) is 14.9. The number of likely N-dealkylation sites (N-methyl/N-ethyl adjacent to an activating group) is 1. The van der Waals surface area contributed by atoms with E-state index in [-0.39, 0.29) is 11.9 Å². The molecule has 0 N–H and O–H groups in total. The molecule has 0 spiro atoms. The van der Waals surface area contributed by atoms with Crippen molar-refractivity contribution in [2.45, 2.75) is 26.3 Å². The van der Waals surface area contributed by atoms with Crippen molar-refractivity contribution in [3.8, 4) is 0 Å². The van der Waals surface area contributed by atoms with Gasteiger partial charge < -0.3 is 4.90 Å². The van der Waals surface area contributed by atoms with Crippen LogP contribution in [0.4, 0.5) is 0 Å². The number of hydrogen-bond donors (Lipinski definition) is 0. The van der Waals surface area contributed by atoms with Gasteiger partial charge in [0.2, 0.25) is 0 Å². The molecule has 1 amide bonds. The summed E-state index contributed by atoms with van der Waals surface area (Å²) in [5.74, 6) is 0.0992. The average Bonchev–Trinajstić information content (AvgIpc) is 2.93. The van der Waals surface area contributed by atoms with Crippen molar-refractivity contribution in [2.75, 3.05) is 7.05 Å². The van der Waals surface area contributed by atoms with E-state index in [4.69, 9.17) is 0 Å². The molecule has 1 aromatic carbocycles. The molecule has 0 saturated carbocycles. The quantitative estimate of drug-likeness (QED) is 0.700. The van der Waals surface area contributed by atoms with Crippen LogP contribution in [0.25, 0.3) is 0 Å². The summed E-state index contributed by atoms with van der Waals surface area (Å²) in [5, 5.41) is 2.08. The van der Waals surface area contributed by atoms with Gasteiger partial charge in [-0.05, 0) is 59.5 Å². The second-order valence-electron chi connectivity index (χ2n) is 4.99. The minimum absolute atomic E-state index is 0.0992. The Balaban J connectivity index is 2.13. The first-order valence-corrected chi connectivity index (χ1v) is 8.51. The Labute approximate surface area is 138 Å². The fraction of sp³-hybridized carbons (Fsp3) is 0.312. The van der Waals surface area contributed by atoms with E-state index in [1.807, 2.05) is 37.1 Å². The Morgan fingerprint density at radius 3 is 2.75 bits per heavy atom. The molecule has 0 aliphatic heterocycles. The maximum Gasteiger partial charge on any atom is 0.254 e. The van der Waals surface area contributed by atoms with Gasteiger partial charge in [0.25, 0.3) is 5.91 Å². The molecule has 0 saturated heterocycles. The first kappa shape index (κ1) is 15.5. The van der Waals surface area contributed by atoms with Crippen LogP contribution in [0.15, 0.2) is 35.7 Å². The van der Waals surface area contributed by atoms with Crippen molar-refractivity contribution in [1.82, 2.24) is 4.90 Å². The van der Waals surface area contributed by atoms with E-state index in [9.17, 15) is 4.79 Å². The molecule has 106 valence electrons. The van der Waals surface area contributed by atoms with Crippen molar-refractivity contribution < 1.29 is 4.79 Å². The second kappa shape index (κ2) is 6.72. The lowest BCUT2D eigenvalue weighted by Gasteiger charge is -2.25. The third-order valence-corrected chi connectivity index (χ3v) is 5.81. The molecule has 0 aliphatic rings. The summed E-state index contributed by atoms with van der Waals surface area (Å²) in [6, 6.07) is 10.3. The fourth-order valence-corrected chi connectivity index (χ4v) is 3.48. The summed E-state index contributed by atoms with van der Waals surface area (Å²) in [7, 11) is 1.89. The van der Waals surface area contributed by atoms with Gasteiger partial charge in [-0.2, -0.15) is 0 Å². The van der Waals surface area contributed by atoms with E-state index in [1.54, 1.807) is 11.3 Å². The molecule has 1 unspecified atom stereocenters. The summed E-state index contributed by atoms with van der Waals surface area (Å²) >= 11 is 4.00. The van der Waals surface area contributed by atoms with Crippen LogP contribution >= 0.6 is 33.9 Å². The molecule has 0 bridgehead atoms. The predicted octanol–water partition coefficient (Wildman–Crippen LogP) is 4.36. The fourth-order valence-electron chi connectivity index (χ4n) is 2.06. The Kier molecular flexibility index (Phi) is 5.21. The molecular formula is C16H18INOS.